The van der Waals surface area contributed by atoms with E-state index in [1.54, 1.807) is 0 Å². The maximum atomic E-state index is 13.3. The molecule has 0 aromatic carbocycles. The number of aliphatic carboxylic acids is 3. The van der Waals surface area contributed by atoms with Crippen LogP contribution in [0.5, 0.6) is 0 Å². The summed E-state index contributed by atoms with van der Waals surface area (Å²) in [5.74, 6) is -19.2. The van der Waals surface area contributed by atoms with Gasteiger partial charge in [-0.2, -0.15) is 0 Å². The number of carbonyl (C=O) groups is 6. The minimum Gasteiger partial charge on any atom is -0.477 e. The van der Waals surface area contributed by atoms with Gasteiger partial charge in [0.25, 0.3) is 17.4 Å². The van der Waals surface area contributed by atoms with Crippen molar-refractivity contribution < 1.29 is 149 Å². The van der Waals surface area contributed by atoms with Gasteiger partial charge in [-0.05, 0) is 0 Å². The van der Waals surface area contributed by atoms with Crippen molar-refractivity contribution in [2.45, 2.75) is 179 Å². The first-order valence-corrected chi connectivity index (χ1v) is 22.0. The van der Waals surface area contributed by atoms with Crippen LogP contribution in [0.3, 0.4) is 0 Å². The van der Waals surface area contributed by atoms with Crippen LogP contribution >= 0.6 is 0 Å². The molecule has 20 N–H and O–H groups in total. The smallest absolute Gasteiger partial charge is 0.364 e. The van der Waals surface area contributed by atoms with Crippen molar-refractivity contribution in [1.29, 1.82) is 0 Å². The van der Waals surface area contributed by atoms with Gasteiger partial charge in [0, 0.05) is 40.0 Å². The van der Waals surface area contributed by atoms with Gasteiger partial charge in [-0.3, -0.25) is 14.4 Å². The van der Waals surface area contributed by atoms with E-state index in [0.717, 1.165) is 20.8 Å². The molecule has 4 heterocycles. The van der Waals surface area contributed by atoms with E-state index in [1.165, 1.54) is 0 Å². The zero-order valence-corrected chi connectivity index (χ0v) is 38.4. The summed E-state index contributed by atoms with van der Waals surface area (Å²) < 4.78 is 38.5. The van der Waals surface area contributed by atoms with Gasteiger partial charge in [0.05, 0.1) is 62.9 Å². The SMILES string of the molecule is CC(=O)N[C@H]1[C@H]([C@H](O)[C@H](O)CO)O[C@@](O[C@H](CO)[C@@H](O)[C@@H]2O[C@@](O[C@H](CO)[C@@H](O)[C@@H]3O[C@@](OC[C@H]4O[C@@H](O)[C@H](O)[C@@H](O)[C@H]4O)(C(=O)O)C[C@H](O)[C@H]3NC(C)=O)(C(=O)O)C[C@H](O)[C@H]2NC(C)=O)(C(=O)O)C[C@@H]1O. The van der Waals surface area contributed by atoms with Gasteiger partial charge >= 0.3 is 17.9 Å². The number of aliphatic hydroxyl groups excluding tert-OH is 14. The minimum absolute atomic E-state index is 0.865. The van der Waals surface area contributed by atoms with Gasteiger partial charge in [0.1, 0.15) is 79.4 Å². The van der Waals surface area contributed by atoms with Crippen LogP contribution in [0.15, 0.2) is 0 Å². The van der Waals surface area contributed by atoms with Crippen molar-refractivity contribution in [1.82, 2.24) is 16.0 Å². The average molecular weight is 1050 g/mol. The molecule has 0 aromatic rings. The summed E-state index contributed by atoms with van der Waals surface area (Å²) in [7, 11) is 0. The molecule has 0 saturated carbocycles. The van der Waals surface area contributed by atoms with Crippen LogP contribution in [-0.4, -0.2) is 288 Å². The fourth-order valence-corrected chi connectivity index (χ4v) is 8.75. The highest BCUT2D eigenvalue weighted by Gasteiger charge is 2.62. The summed E-state index contributed by atoms with van der Waals surface area (Å²) >= 11 is 0. The van der Waals surface area contributed by atoms with Crippen LogP contribution < -0.4 is 16.0 Å². The van der Waals surface area contributed by atoms with Gasteiger partial charge in [0.2, 0.25) is 17.7 Å². The quantitative estimate of drug-likeness (QED) is 0.0479. The number of aliphatic hydroxyl groups is 14. The topological polar surface area (TPSA) is 547 Å². The van der Waals surface area contributed by atoms with Crippen molar-refractivity contribution in [2.24, 2.45) is 0 Å². The number of hydrogen-bond acceptors (Lipinski definition) is 27. The van der Waals surface area contributed by atoms with E-state index < -0.39 is 221 Å². The first-order chi connectivity index (χ1) is 33.4. The van der Waals surface area contributed by atoms with E-state index in [1.807, 2.05) is 0 Å². The van der Waals surface area contributed by atoms with Crippen LogP contribution in [0, 0.1) is 0 Å². The maximum Gasteiger partial charge on any atom is 0.364 e. The van der Waals surface area contributed by atoms with Crippen molar-refractivity contribution >= 4 is 35.6 Å². The molecule has 72 heavy (non-hydrogen) atoms. The molecule has 0 aliphatic carbocycles. The number of carboxylic acid groups (broad SMARTS) is 3. The Morgan fingerprint density at radius 2 is 0.875 bits per heavy atom. The predicted octanol–water partition coefficient (Wildman–Crippen LogP) is -11.7. The molecule has 0 spiro atoms. The molecule has 4 aliphatic rings. The van der Waals surface area contributed by atoms with Crippen molar-refractivity contribution in [2.75, 3.05) is 26.4 Å². The predicted molar refractivity (Wildman–Crippen MR) is 220 cm³/mol. The highest BCUT2D eigenvalue weighted by molar-refractivity contribution is 5.78. The number of amides is 3. The van der Waals surface area contributed by atoms with Crippen LogP contribution in [0.4, 0.5) is 0 Å². The second-order valence-electron chi connectivity index (χ2n) is 17.7. The fourth-order valence-electron chi connectivity index (χ4n) is 8.75. The molecule has 33 nitrogen and oxygen atoms in total. The number of nitrogens with one attached hydrogen (secondary N) is 3. The third-order valence-corrected chi connectivity index (χ3v) is 12.4. The van der Waals surface area contributed by atoms with E-state index in [2.05, 4.69) is 16.0 Å². The Kier molecular flexibility index (Phi) is 20.6. The van der Waals surface area contributed by atoms with Crippen LogP contribution in [-0.2, 0) is 61.9 Å². The molecular weight excluding hydrogens is 990 g/mol. The van der Waals surface area contributed by atoms with Crippen molar-refractivity contribution in [3.05, 3.63) is 0 Å². The summed E-state index contributed by atoms with van der Waals surface area (Å²) in [5, 5.41) is 188. The van der Waals surface area contributed by atoms with E-state index in [9.17, 15) is 116 Å². The summed E-state index contributed by atoms with van der Waals surface area (Å²) in [4.78, 5) is 75.8. The van der Waals surface area contributed by atoms with Gasteiger partial charge in [-0.15, -0.1) is 0 Å². The Morgan fingerprint density at radius 3 is 1.21 bits per heavy atom. The van der Waals surface area contributed by atoms with Gasteiger partial charge in [0.15, 0.2) is 6.29 Å². The highest BCUT2D eigenvalue weighted by Crippen LogP contribution is 2.40. The van der Waals surface area contributed by atoms with E-state index >= 15 is 0 Å². The number of carboxylic acids is 3. The molecule has 4 rings (SSSR count). The second-order valence-corrected chi connectivity index (χ2v) is 17.7. The molecule has 4 saturated heterocycles. The zero-order chi connectivity index (χ0) is 54.5. The first-order valence-electron chi connectivity index (χ1n) is 22.0. The molecule has 0 radical (unpaired) electrons. The third-order valence-electron chi connectivity index (χ3n) is 12.4. The highest BCUT2D eigenvalue weighted by atomic mass is 16.8. The largest absolute Gasteiger partial charge is 0.477 e. The molecule has 4 fully saturated rings. The van der Waals surface area contributed by atoms with E-state index in [0.29, 0.717) is 0 Å². The van der Waals surface area contributed by atoms with Crippen molar-refractivity contribution in [3.8, 4) is 0 Å². The van der Waals surface area contributed by atoms with Gasteiger partial charge < -0.3 is 136 Å². The molecule has 0 aromatic heterocycles. The number of ether oxygens (including phenoxy) is 7. The van der Waals surface area contributed by atoms with Gasteiger partial charge in [-0.1, -0.05) is 0 Å². The lowest BCUT2D eigenvalue weighted by Crippen LogP contribution is -2.71. The maximum absolute atomic E-state index is 13.3. The molecular formula is C39H63N3O30. The monoisotopic (exact) mass is 1050 g/mol. The molecule has 414 valence electrons. The Morgan fingerprint density at radius 1 is 0.528 bits per heavy atom. The minimum atomic E-state index is -3.45. The number of rotatable bonds is 22. The number of hydrogen-bond donors (Lipinski definition) is 20. The number of carbonyl (C=O) groups excluding carboxylic acids is 3. The standard InChI is InChI=1S/C39H63N3O30/c1-11(46)40-21-15(50)5-38(35(62)63,71-30(21)24(53)17(52)7-43)68-19(9-45)27(56)32-23(42-13(3)48)16(51)6-39(72-32,36(64)65)69-18(8-44)26(55)31-22(41-12(2)47)14(49)4-37(70-31,34(60)61)66-10-20-25(54)28(57)29(58)33(59)67-20/h14-33,43-45,49-59H,4-10H2,1-3H3,(H,40,46)(H,41,47)(H,42,48)(H,60,61)(H,62,63)(H,64,65)/t14-,15-,16-,17+,18+,19+,20+,21+,22+,23+,24+,25-,26+,27+,28-,29+,30+,31+,32+,33+,37+,38+,39+/m0/s1. The molecule has 0 unspecified atom stereocenters. The molecule has 4 aliphatic heterocycles. The average Bonchev–Trinajstić information content (AvgIpc) is 3.30. The lowest BCUT2D eigenvalue weighted by molar-refractivity contribution is -0.359. The third kappa shape index (κ3) is 13.1. The first kappa shape index (κ1) is 60.5. The Balaban J connectivity index is 1.73. The van der Waals surface area contributed by atoms with E-state index in [4.69, 9.17) is 33.2 Å². The zero-order valence-electron chi connectivity index (χ0n) is 38.4. The summed E-state index contributed by atoms with van der Waals surface area (Å²) in [6.45, 7) is -2.54. The Bertz CT molecular complexity index is 1900. The summed E-state index contributed by atoms with van der Waals surface area (Å²) in [6.07, 6.45) is -41.6. The summed E-state index contributed by atoms with van der Waals surface area (Å²) in [6, 6.07) is -5.57. The van der Waals surface area contributed by atoms with Crippen LogP contribution in [0.25, 0.3) is 0 Å². The molecule has 33 heteroatoms. The Labute approximate surface area is 405 Å². The van der Waals surface area contributed by atoms with Crippen LogP contribution in [0.2, 0.25) is 0 Å². The normalized spacial score (nSPS) is 39.8. The Hall–Kier alpha value is -4.02. The molecule has 3 amide bonds. The fraction of sp³-hybridized carbons (Fsp3) is 0.846. The lowest BCUT2D eigenvalue weighted by atomic mass is 9.86. The molecule has 23 atom stereocenters. The summed E-state index contributed by atoms with van der Waals surface area (Å²) in [5.41, 5.74) is 0. The second kappa shape index (κ2) is 24.6. The van der Waals surface area contributed by atoms with Crippen LogP contribution in [0.1, 0.15) is 40.0 Å². The molecule has 0 bridgehead atoms. The lowest BCUT2D eigenvalue weighted by Gasteiger charge is -2.50. The van der Waals surface area contributed by atoms with Crippen molar-refractivity contribution in [3.63, 3.8) is 0 Å². The van der Waals surface area contributed by atoms with Gasteiger partial charge in [-0.25, -0.2) is 14.4 Å². The van der Waals surface area contributed by atoms with E-state index in [-0.39, 0.29) is 0 Å².